The third kappa shape index (κ3) is 18.7. The number of aromatic nitrogens is 4. The zero-order valence-corrected chi connectivity index (χ0v) is 33.1. The smallest absolute Gasteiger partial charge is 0.308 e. The van der Waals surface area contributed by atoms with Crippen LogP contribution in [0, 0.1) is 5.92 Å². The number of hydrogen-bond donors (Lipinski definition) is 4. The zero-order valence-electron chi connectivity index (χ0n) is 27.4. The van der Waals surface area contributed by atoms with Gasteiger partial charge in [-0.1, -0.05) is 120 Å². The van der Waals surface area contributed by atoms with Crippen LogP contribution >= 0.6 is 64.8 Å². The predicted octanol–water partition coefficient (Wildman–Crippen LogP) is 7.53. The average molecular weight is 803 g/mol. The van der Waals surface area contributed by atoms with Crippen molar-refractivity contribution in [3.63, 3.8) is 0 Å². The highest BCUT2D eigenvalue weighted by atomic mass is 33.2. The van der Waals surface area contributed by atoms with Crippen LogP contribution < -0.4 is 10.0 Å². The van der Waals surface area contributed by atoms with Gasteiger partial charge in [-0.3, -0.25) is 19.1 Å². The number of tetrazole rings is 1. The van der Waals surface area contributed by atoms with Gasteiger partial charge in [-0.05, 0) is 64.1 Å². The van der Waals surface area contributed by atoms with Crippen LogP contribution in [0.5, 0.6) is 0 Å². The Morgan fingerprint density at radius 2 is 1.35 bits per heavy atom. The number of carbonyl (C=O) groups excluding carboxylic acids is 2. The molecule has 1 spiro atoms. The Hall–Kier alpha value is -0.470. The minimum absolute atomic E-state index is 0.000121. The molecule has 274 valence electrons. The van der Waals surface area contributed by atoms with Crippen molar-refractivity contribution in [2.75, 3.05) is 12.3 Å². The van der Waals surface area contributed by atoms with E-state index < -0.39 is 27.8 Å². The zero-order chi connectivity index (χ0) is 34.5. The number of carboxylic acids is 1. The van der Waals surface area contributed by atoms with Crippen molar-refractivity contribution in [3.05, 3.63) is 5.82 Å². The quantitative estimate of drug-likeness (QED) is 0.0370. The third-order valence-corrected chi connectivity index (χ3v) is 23.1. The van der Waals surface area contributed by atoms with E-state index in [1.165, 1.54) is 51.4 Å². The van der Waals surface area contributed by atoms with Crippen LogP contribution in [0.25, 0.3) is 0 Å². The number of nitrogens with one attached hydrogen (secondary N) is 3. The lowest BCUT2D eigenvalue weighted by atomic mass is 10.0. The standard InChI is InChI=1S/C29H50N6O6S7/c36-25(30-21-15-14-17-23(27(38)39)28-42-44-29(45-43-28)46-47-29)20-16-22-48(40,41)33-26(37)19-13-11-9-7-5-3-1-2-4-6-8-10-12-18-24-31-34-35-32-24/h23,28H,1-22H2,(H,30,36)(H,33,37)(H,38,39)(H,31,32,34,35)/t23-/m0/s1. The molecule has 0 aromatic carbocycles. The van der Waals surface area contributed by atoms with Crippen molar-refractivity contribution < 1.29 is 27.9 Å². The molecule has 4 N–H and O–H groups in total. The lowest BCUT2D eigenvalue weighted by molar-refractivity contribution is -0.141. The monoisotopic (exact) mass is 802 g/mol. The predicted molar refractivity (Wildman–Crippen MR) is 204 cm³/mol. The van der Waals surface area contributed by atoms with Crippen LogP contribution in [0.1, 0.15) is 128 Å². The second kappa shape index (κ2) is 23.9. The minimum Gasteiger partial charge on any atom is -0.481 e. The number of amides is 2. The van der Waals surface area contributed by atoms with Crippen molar-refractivity contribution in [2.24, 2.45) is 5.92 Å². The molecule has 3 heterocycles. The molecule has 19 heteroatoms. The number of unbranched alkanes of at least 4 members (excludes halogenated alkanes) is 13. The molecule has 1 aromatic rings. The Balaban J connectivity index is 1.07. The van der Waals surface area contributed by atoms with E-state index in [2.05, 4.69) is 30.7 Å². The highest BCUT2D eigenvalue weighted by Gasteiger charge is 2.53. The molecule has 2 aliphatic rings. The summed E-state index contributed by atoms with van der Waals surface area (Å²) in [5.41, 5.74) is 0. The number of rotatable bonds is 28. The van der Waals surface area contributed by atoms with Gasteiger partial charge in [-0.2, -0.15) is 0 Å². The summed E-state index contributed by atoms with van der Waals surface area (Å²) >= 11 is 0. The maximum atomic E-state index is 12.3. The van der Waals surface area contributed by atoms with E-state index in [9.17, 15) is 27.9 Å². The minimum atomic E-state index is -3.77. The van der Waals surface area contributed by atoms with E-state index >= 15 is 0 Å². The Kier molecular flexibility index (Phi) is 20.9. The van der Waals surface area contributed by atoms with Crippen molar-refractivity contribution in [1.29, 1.82) is 0 Å². The summed E-state index contributed by atoms with van der Waals surface area (Å²) in [6.45, 7) is 0.422. The van der Waals surface area contributed by atoms with Gasteiger partial charge in [0, 0.05) is 25.8 Å². The first kappa shape index (κ1) is 41.9. The Labute approximate surface area is 308 Å². The fourth-order valence-corrected chi connectivity index (χ4v) is 20.1. The van der Waals surface area contributed by atoms with Gasteiger partial charge in [0.15, 0.2) is 2.74 Å². The summed E-state index contributed by atoms with van der Waals surface area (Å²) in [6, 6.07) is 0. The van der Waals surface area contributed by atoms with Crippen LogP contribution in [0.2, 0.25) is 0 Å². The number of nitrogens with zero attached hydrogens (tertiary/aromatic N) is 3. The van der Waals surface area contributed by atoms with Crippen molar-refractivity contribution in [3.8, 4) is 0 Å². The molecule has 2 saturated heterocycles. The number of carboxylic acid groups (broad SMARTS) is 1. The first-order valence-electron chi connectivity index (χ1n) is 17.0. The van der Waals surface area contributed by atoms with Gasteiger partial charge < -0.3 is 10.4 Å². The molecule has 2 amide bonds. The number of hydrogen-bond acceptors (Lipinski definition) is 14. The summed E-state index contributed by atoms with van der Waals surface area (Å²) in [7, 11) is 6.67. The molecular weight excluding hydrogens is 753 g/mol. The molecule has 0 radical (unpaired) electrons. The average Bonchev–Trinajstić information content (AvgIpc) is 3.58. The summed E-state index contributed by atoms with van der Waals surface area (Å²) in [5.74, 6) is -1.36. The molecule has 0 aliphatic carbocycles. The first-order chi connectivity index (χ1) is 23.2. The molecule has 0 unspecified atom stereocenters. The van der Waals surface area contributed by atoms with Crippen LogP contribution in [-0.2, 0) is 30.8 Å². The SMILES string of the molecule is O=C(CCCS(=O)(=O)NC(=O)CCCCCCCCCCCCCCCc1nnn[nH]1)NCCCC[C@@H](C(=O)O)C1SSC2(SS1)SS2. The molecule has 1 aromatic heterocycles. The molecule has 12 nitrogen and oxygen atoms in total. The van der Waals surface area contributed by atoms with Gasteiger partial charge in [0.1, 0.15) is 5.82 Å². The highest BCUT2D eigenvalue weighted by molar-refractivity contribution is 9.14. The molecular formula is C29H50N6O6S7. The van der Waals surface area contributed by atoms with Gasteiger partial charge >= 0.3 is 5.97 Å². The first-order valence-corrected chi connectivity index (χ1v) is 25.2. The molecule has 3 rings (SSSR count). The molecule has 48 heavy (non-hydrogen) atoms. The lowest BCUT2D eigenvalue weighted by Crippen LogP contribution is -2.33. The van der Waals surface area contributed by atoms with E-state index in [1.807, 2.05) is 21.6 Å². The molecule has 2 aliphatic heterocycles. The molecule has 0 bridgehead atoms. The second-order valence-electron chi connectivity index (χ2n) is 12.1. The van der Waals surface area contributed by atoms with Crippen molar-refractivity contribution >= 4 is 92.6 Å². The van der Waals surface area contributed by atoms with E-state index in [0.29, 0.717) is 32.2 Å². The third-order valence-electron chi connectivity index (χ3n) is 7.91. The Morgan fingerprint density at radius 1 is 0.771 bits per heavy atom. The van der Waals surface area contributed by atoms with Gasteiger partial charge in [0.2, 0.25) is 21.8 Å². The van der Waals surface area contributed by atoms with E-state index in [4.69, 9.17) is 0 Å². The van der Waals surface area contributed by atoms with Crippen LogP contribution in [0.15, 0.2) is 0 Å². The normalized spacial score (nSPS) is 16.5. The van der Waals surface area contributed by atoms with Crippen molar-refractivity contribution in [1.82, 2.24) is 30.7 Å². The number of sulfonamides is 1. The van der Waals surface area contributed by atoms with Gasteiger partial charge in [0.05, 0.1) is 16.3 Å². The number of aryl methyl sites for hydroxylation is 1. The maximum Gasteiger partial charge on any atom is 0.308 e. The van der Waals surface area contributed by atoms with Gasteiger partial charge in [0.25, 0.3) is 0 Å². The number of H-pyrrole nitrogens is 1. The highest BCUT2D eigenvalue weighted by Crippen LogP contribution is 2.84. The van der Waals surface area contributed by atoms with Crippen LogP contribution in [0.4, 0.5) is 0 Å². The Bertz CT molecular complexity index is 1180. The molecule has 0 saturated carbocycles. The second-order valence-corrected chi connectivity index (χ2v) is 23.4. The topological polar surface area (TPSA) is 184 Å². The summed E-state index contributed by atoms with van der Waals surface area (Å²) < 4.78 is 26.8. The van der Waals surface area contributed by atoms with E-state index in [1.54, 1.807) is 43.2 Å². The van der Waals surface area contributed by atoms with E-state index in [0.717, 1.165) is 37.9 Å². The lowest BCUT2D eigenvalue weighted by Gasteiger charge is -2.27. The fourth-order valence-electron chi connectivity index (χ4n) is 5.15. The molecule has 1 atom stereocenters. The number of carbonyl (C=O) groups is 3. The Morgan fingerprint density at radius 3 is 1.92 bits per heavy atom. The fraction of sp³-hybridized carbons (Fsp3) is 0.862. The van der Waals surface area contributed by atoms with Crippen LogP contribution in [0.3, 0.4) is 0 Å². The number of aromatic amines is 1. The largest absolute Gasteiger partial charge is 0.481 e. The maximum absolute atomic E-state index is 12.3. The van der Waals surface area contributed by atoms with Crippen molar-refractivity contribution in [2.45, 2.75) is 136 Å². The summed E-state index contributed by atoms with van der Waals surface area (Å²) in [6.07, 6.45) is 18.1. The number of aliphatic carboxylic acids is 1. The van der Waals surface area contributed by atoms with Crippen LogP contribution in [-0.4, -0.2) is 71.6 Å². The van der Waals surface area contributed by atoms with Gasteiger partial charge in [-0.15, -0.1) is 5.10 Å². The summed E-state index contributed by atoms with van der Waals surface area (Å²) in [5, 5.41) is 26.3. The van der Waals surface area contributed by atoms with E-state index in [-0.39, 0.29) is 38.2 Å². The molecule has 2 fully saturated rings. The van der Waals surface area contributed by atoms with Gasteiger partial charge in [-0.25, -0.2) is 13.5 Å². The summed E-state index contributed by atoms with van der Waals surface area (Å²) in [4.78, 5) is 36.1.